The Morgan fingerprint density at radius 1 is 1.42 bits per heavy atom. The lowest BCUT2D eigenvalue weighted by Crippen LogP contribution is -2.50. The molecule has 2 aliphatic heterocycles. The fourth-order valence-corrected chi connectivity index (χ4v) is 5.17. The van der Waals surface area contributed by atoms with Crippen LogP contribution in [-0.4, -0.2) is 61.9 Å². The Kier molecular flexibility index (Phi) is 6.07. The van der Waals surface area contributed by atoms with Gasteiger partial charge in [-0.25, -0.2) is 0 Å². The van der Waals surface area contributed by atoms with E-state index in [1.165, 1.54) is 11.1 Å². The van der Waals surface area contributed by atoms with E-state index < -0.39 is 13.1 Å². The van der Waals surface area contributed by atoms with Crippen LogP contribution in [-0.2, 0) is 21.5 Å². The first-order valence-electron chi connectivity index (χ1n) is 11.1. The molecule has 1 aromatic rings. The van der Waals surface area contributed by atoms with Crippen LogP contribution in [0.5, 0.6) is 11.5 Å². The number of nitrogens with one attached hydrogen (secondary N) is 1. The molecule has 0 unspecified atom stereocenters. The number of nitrogens with zero attached hydrogens (tertiary/aromatic N) is 1. The maximum atomic E-state index is 12.8. The molecule has 4 atom stereocenters. The Labute approximate surface area is 184 Å². The third-order valence-electron chi connectivity index (χ3n) is 6.74. The van der Waals surface area contributed by atoms with Gasteiger partial charge in [-0.2, -0.15) is 0 Å². The predicted molar refractivity (Wildman–Crippen MR) is 119 cm³/mol. The fourth-order valence-electron chi connectivity index (χ4n) is 5.17. The molecule has 0 saturated heterocycles. The lowest BCUT2D eigenvalue weighted by Gasteiger charge is -2.37. The zero-order valence-corrected chi connectivity index (χ0v) is 19.1. The molecular formula is C23H33BN2O5. The highest BCUT2D eigenvalue weighted by Gasteiger charge is 2.53. The van der Waals surface area contributed by atoms with Gasteiger partial charge in [0.15, 0.2) is 11.5 Å². The normalized spacial score (nSPS) is 27.7. The molecule has 0 aromatic heterocycles. The van der Waals surface area contributed by atoms with Crippen molar-refractivity contribution in [3.63, 3.8) is 0 Å². The van der Waals surface area contributed by atoms with Crippen molar-refractivity contribution >= 4 is 13.0 Å². The molecule has 0 radical (unpaired) electrons. The Bertz CT molecular complexity index is 874. The zero-order valence-electron chi connectivity index (χ0n) is 19.1. The SMILES string of the molecule is COc1ccc2c3c1O[C@H]1C[C@@H](OC(=O)[C@@H](NB(C)O)C(C)C)C=C[C@@]31CCN(C)C2. The Morgan fingerprint density at radius 2 is 2.19 bits per heavy atom. The molecule has 0 bridgehead atoms. The first-order valence-corrected chi connectivity index (χ1v) is 11.1. The average Bonchev–Trinajstić information content (AvgIpc) is 2.97. The standard InChI is InChI=1S/C23H33BN2O5/c1-14(2)20(25-24(3)28)22(27)30-16-8-9-23-10-11-26(4)13-15-6-7-17(29-5)21(19(15)23)31-18(23)12-16/h6-9,14,16,18,20,25,28H,10-13H2,1-5H3/t16-,18-,20-,23-/m0/s1. The van der Waals surface area contributed by atoms with Crippen molar-refractivity contribution < 1.29 is 24.0 Å². The van der Waals surface area contributed by atoms with Crippen molar-refractivity contribution in [2.45, 2.75) is 63.7 Å². The van der Waals surface area contributed by atoms with Crippen LogP contribution in [0.15, 0.2) is 24.3 Å². The largest absolute Gasteiger partial charge is 0.493 e. The van der Waals surface area contributed by atoms with Crippen molar-refractivity contribution in [1.82, 2.24) is 10.1 Å². The van der Waals surface area contributed by atoms with Crippen molar-refractivity contribution in [1.29, 1.82) is 0 Å². The number of ether oxygens (including phenoxy) is 3. The van der Waals surface area contributed by atoms with Crippen molar-refractivity contribution in [2.24, 2.45) is 5.92 Å². The van der Waals surface area contributed by atoms with Crippen LogP contribution >= 0.6 is 0 Å². The summed E-state index contributed by atoms with van der Waals surface area (Å²) in [7, 11) is 3.02. The molecule has 1 spiro atoms. The summed E-state index contributed by atoms with van der Waals surface area (Å²) in [5.74, 6) is 1.22. The van der Waals surface area contributed by atoms with E-state index in [1.807, 2.05) is 26.0 Å². The molecule has 1 aliphatic carbocycles. The molecule has 0 fully saturated rings. The minimum atomic E-state index is -0.786. The van der Waals surface area contributed by atoms with E-state index in [0.29, 0.717) is 6.42 Å². The molecule has 31 heavy (non-hydrogen) atoms. The van der Waals surface area contributed by atoms with E-state index in [2.05, 4.69) is 29.3 Å². The summed E-state index contributed by atoms with van der Waals surface area (Å²) in [6.07, 6.45) is 5.25. The molecule has 3 aliphatic rings. The van der Waals surface area contributed by atoms with Crippen molar-refractivity contribution in [3.8, 4) is 11.5 Å². The third kappa shape index (κ3) is 3.97. The van der Waals surface area contributed by atoms with Crippen LogP contribution in [0.1, 0.15) is 37.8 Å². The van der Waals surface area contributed by atoms with Gasteiger partial charge in [-0.15, -0.1) is 0 Å². The Morgan fingerprint density at radius 3 is 2.87 bits per heavy atom. The van der Waals surface area contributed by atoms with E-state index in [0.717, 1.165) is 31.0 Å². The van der Waals surface area contributed by atoms with Crippen molar-refractivity contribution in [2.75, 3.05) is 20.7 Å². The number of carbonyl (C=O) groups excluding carboxylic acids is 1. The topological polar surface area (TPSA) is 80.3 Å². The molecule has 0 saturated carbocycles. The number of rotatable bonds is 6. The van der Waals surface area contributed by atoms with E-state index >= 15 is 0 Å². The zero-order chi connectivity index (χ0) is 22.3. The second-order valence-corrected chi connectivity index (χ2v) is 9.40. The van der Waals surface area contributed by atoms with Gasteiger partial charge in [0.2, 0.25) is 0 Å². The highest BCUT2D eigenvalue weighted by molar-refractivity contribution is 6.46. The quantitative estimate of drug-likeness (QED) is 0.408. The molecule has 2 N–H and O–H groups in total. The van der Waals surface area contributed by atoms with Gasteiger partial charge in [-0.3, -0.25) is 4.79 Å². The van der Waals surface area contributed by atoms with Crippen LogP contribution in [0.2, 0.25) is 6.82 Å². The van der Waals surface area contributed by atoms with E-state index in [4.69, 9.17) is 14.2 Å². The summed E-state index contributed by atoms with van der Waals surface area (Å²) >= 11 is 0. The maximum Gasteiger partial charge on any atom is 0.374 e. The van der Waals surface area contributed by atoms with Gasteiger partial charge < -0.3 is 29.4 Å². The molecule has 1 aromatic carbocycles. The Hall–Kier alpha value is -2.03. The summed E-state index contributed by atoms with van der Waals surface area (Å²) in [5.41, 5.74) is 2.25. The Balaban J connectivity index is 1.61. The number of carbonyl (C=O) groups is 1. The van der Waals surface area contributed by atoms with Gasteiger partial charge >= 0.3 is 13.0 Å². The number of hydrogen-bond donors (Lipinski definition) is 2. The predicted octanol–water partition coefficient (Wildman–Crippen LogP) is 2.13. The number of benzene rings is 1. The lowest BCUT2D eigenvalue weighted by atomic mass is 9.69. The highest BCUT2D eigenvalue weighted by Crippen LogP contribution is 2.55. The molecule has 8 heteroatoms. The van der Waals surface area contributed by atoms with Gasteiger partial charge in [-0.1, -0.05) is 26.0 Å². The number of esters is 1. The van der Waals surface area contributed by atoms with E-state index in [9.17, 15) is 9.82 Å². The lowest BCUT2D eigenvalue weighted by molar-refractivity contribution is -0.151. The molecule has 0 amide bonds. The van der Waals surface area contributed by atoms with Gasteiger partial charge in [0.05, 0.1) is 12.5 Å². The first kappa shape index (κ1) is 22.2. The maximum absolute atomic E-state index is 12.8. The van der Waals surface area contributed by atoms with E-state index in [-0.39, 0.29) is 29.5 Å². The van der Waals surface area contributed by atoms with Crippen LogP contribution < -0.4 is 14.7 Å². The number of hydrogen-bond acceptors (Lipinski definition) is 7. The van der Waals surface area contributed by atoms with Crippen LogP contribution in [0.25, 0.3) is 0 Å². The second kappa shape index (κ2) is 8.49. The summed E-state index contributed by atoms with van der Waals surface area (Å²) < 4.78 is 17.9. The van der Waals surface area contributed by atoms with Gasteiger partial charge in [0.1, 0.15) is 18.2 Å². The van der Waals surface area contributed by atoms with E-state index in [1.54, 1.807) is 13.9 Å². The molecule has 4 rings (SSSR count). The van der Waals surface area contributed by atoms with Gasteiger partial charge in [-0.05, 0) is 50.5 Å². The minimum absolute atomic E-state index is 0.00258. The summed E-state index contributed by atoms with van der Waals surface area (Å²) in [6, 6.07) is 3.56. The average molecular weight is 428 g/mol. The minimum Gasteiger partial charge on any atom is -0.493 e. The summed E-state index contributed by atoms with van der Waals surface area (Å²) in [6.45, 7) is 7.29. The molecule has 7 nitrogen and oxygen atoms in total. The van der Waals surface area contributed by atoms with Gasteiger partial charge in [0, 0.05) is 18.5 Å². The van der Waals surface area contributed by atoms with Crippen molar-refractivity contribution in [3.05, 3.63) is 35.4 Å². The summed E-state index contributed by atoms with van der Waals surface area (Å²) in [5, 5.41) is 12.6. The monoisotopic (exact) mass is 428 g/mol. The van der Waals surface area contributed by atoms with Crippen LogP contribution in [0, 0.1) is 5.92 Å². The summed E-state index contributed by atoms with van der Waals surface area (Å²) in [4.78, 5) is 15.1. The van der Waals surface area contributed by atoms with Gasteiger partial charge in [0.25, 0.3) is 0 Å². The molecular weight excluding hydrogens is 395 g/mol. The smallest absolute Gasteiger partial charge is 0.374 e. The van der Waals surface area contributed by atoms with Crippen LogP contribution in [0.3, 0.4) is 0 Å². The van der Waals surface area contributed by atoms with Crippen LogP contribution in [0.4, 0.5) is 0 Å². The molecule has 168 valence electrons. The first-order chi connectivity index (χ1) is 14.7. The third-order valence-corrected chi connectivity index (χ3v) is 6.74. The highest BCUT2D eigenvalue weighted by atomic mass is 16.6. The number of methoxy groups -OCH3 is 1. The second-order valence-electron chi connectivity index (χ2n) is 9.40. The fraction of sp³-hybridized carbons (Fsp3) is 0.609. The molecule has 2 heterocycles.